The second-order valence-electron chi connectivity index (χ2n) is 3.37. The highest BCUT2D eigenvalue weighted by Crippen LogP contribution is 2.21. The molecule has 0 spiro atoms. The van der Waals surface area contributed by atoms with Crippen molar-refractivity contribution in [3.05, 3.63) is 42.2 Å². The van der Waals surface area contributed by atoms with Gasteiger partial charge in [0, 0.05) is 11.6 Å². The minimum Gasteiger partial charge on any atom is -0.361 e. The molecule has 0 aliphatic heterocycles. The van der Waals surface area contributed by atoms with Crippen LogP contribution in [0.5, 0.6) is 0 Å². The first-order chi connectivity index (χ1) is 7.75. The maximum Gasteiger partial charge on any atom is 0.505 e. The fourth-order valence-electron chi connectivity index (χ4n) is 1.38. The fourth-order valence-corrected chi connectivity index (χ4v) is 1.79. The molecule has 0 fully saturated rings. The van der Waals surface area contributed by atoms with Crippen LogP contribution in [0.4, 0.5) is 0 Å². The van der Waals surface area contributed by atoms with Crippen LogP contribution < -0.4 is 0 Å². The highest BCUT2D eigenvalue weighted by molar-refractivity contribution is 7.37. The van der Waals surface area contributed by atoms with Crippen LogP contribution in [0.15, 0.2) is 40.9 Å². The molecule has 0 aliphatic rings. The van der Waals surface area contributed by atoms with Gasteiger partial charge in [0.25, 0.3) is 0 Å². The summed E-state index contributed by atoms with van der Waals surface area (Å²) in [5.41, 5.74) is 1.73. The summed E-state index contributed by atoms with van der Waals surface area (Å²) in [5.74, 6) is 0.635. The number of aromatic nitrogens is 1. The second-order valence-corrected chi connectivity index (χ2v) is 4.52. The molecule has 2 rings (SSSR count). The maximum absolute atomic E-state index is 10.5. The van der Waals surface area contributed by atoms with Crippen molar-refractivity contribution in [3.63, 3.8) is 0 Å². The van der Waals surface area contributed by atoms with Gasteiger partial charge in [-0.3, -0.25) is 0 Å². The Kier molecular flexibility index (Phi) is 3.44. The Morgan fingerprint density at radius 3 is 2.75 bits per heavy atom. The molecule has 1 aromatic carbocycles. The van der Waals surface area contributed by atoms with E-state index in [4.69, 9.17) is 9.42 Å². The van der Waals surface area contributed by atoms with E-state index in [0.717, 1.165) is 11.3 Å². The molecule has 0 bridgehead atoms. The largest absolute Gasteiger partial charge is 0.505 e. The highest BCUT2D eigenvalue weighted by atomic mass is 31.1. The van der Waals surface area contributed by atoms with E-state index in [2.05, 4.69) is 5.16 Å². The molecule has 1 aromatic heterocycles. The number of hydrogen-bond donors (Lipinski definition) is 1. The van der Waals surface area contributed by atoms with Crippen molar-refractivity contribution < 1.29 is 14.0 Å². The topological polar surface area (TPSA) is 63.3 Å². The molecule has 0 radical (unpaired) electrons. The number of hydrogen-bond acceptors (Lipinski definition) is 3. The molecule has 16 heavy (non-hydrogen) atoms. The van der Waals surface area contributed by atoms with Crippen LogP contribution in [0.3, 0.4) is 0 Å². The van der Waals surface area contributed by atoms with E-state index in [1.54, 1.807) is 6.07 Å². The third-order valence-corrected chi connectivity index (χ3v) is 2.78. The minimum absolute atomic E-state index is 0.207. The van der Waals surface area contributed by atoms with Gasteiger partial charge in [-0.05, 0) is 4.57 Å². The highest BCUT2D eigenvalue weighted by Gasteiger charge is 2.13. The monoisotopic (exact) mass is 236 g/mol. The lowest BCUT2D eigenvalue weighted by Crippen LogP contribution is -1.84. The summed E-state index contributed by atoms with van der Waals surface area (Å²) in [6, 6.07) is 11.5. The minimum atomic E-state index is -2.11. The van der Waals surface area contributed by atoms with Gasteiger partial charge in [0.05, 0.1) is 6.42 Å². The molecule has 0 saturated heterocycles. The Morgan fingerprint density at radius 1 is 1.31 bits per heavy atom. The molecular weight excluding hydrogens is 225 g/mol. The van der Waals surface area contributed by atoms with E-state index >= 15 is 0 Å². The summed E-state index contributed by atoms with van der Waals surface area (Å²) < 4.78 is 15.6. The summed E-state index contributed by atoms with van der Waals surface area (Å²) in [6.45, 7) is 0. The summed E-state index contributed by atoms with van der Waals surface area (Å²) in [4.78, 5) is 8.68. The van der Waals surface area contributed by atoms with E-state index < -0.39 is 8.03 Å². The summed E-state index contributed by atoms with van der Waals surface area (Å²) in [5, 5.41) is 3.91. The van der Waals surface area contributed by atoms with Crippen molar-refractivity contribution >= 4 is 8.03 Å². The quantitative estimate of drug-likeness (QED) is 0.829. The van der Waals surface area contributed by atoms with E-state index in [-0.39, 0.29) is 6.16 Å². The Balaban J connectivity index is 2.11. The Labute approximate surface area is 93.8 Å². The van der Waals surface area contributed by atoms with Crippen LogP contribution >= 0.6 is 8.03 Å². The molecule has 0 saturated carbocycles. The second kappa shape index (κ2) is 5.01. The van der Waals surface area contributed by atoms with Crippen LogP contribution in [0, 0.1) is 0 Å². The molecule has 1 heterocycles. The zero-order valence-corrected chi connectivity index (χ0v) is 9.43. The van der Waals surface area contributed by atoms with Crippen molar-refractivity contribution in [2.45, 2.75) is 6.42 Å². The fraction of sp³-hybridized carbons (Fsp3) is 0.182. The molecule has 1 atom stereocenters. The summed E-state index contributed by atoms with van der Waals surface area (Å²) in [7, 11) is -2.11. The van der Waals surface area contributed by atoms with Crippen molar-refractivity contribution in [1.29, 1.82) is 0 Å². The Hall–Kier alpha value is -1.51. The maximum atomic E-state index is 10.5. The molecule has 0 amide bonds. The first-order valence-electron chi connectivity index (χ1n) is 4.90. The number of nitrogens with zero attached hydrogens (tertiary/aromatic N) is 1. The van der Waals surface area contributed by atoms with E-state index in [9.17, 15) is 4.57 Å². The lowest BCUT2D eigenvalue weighted by molar-refractivity contribution is 0.388. The molecule has 82 valence electrons. The van der Waals surface area contributed by atoms with Crippen LogP contribution in [0.1, 0.15) is 5.76 Å². The first kappa shape index (κ1) is 11.0. The van der Waals surface area contributed by atoms with Gasteiger partial charge in [-0.2, -0.15) is 4.89 Å². The third-order valence-electron chi connectivity index (χ3n) is 2.18. The molecular formula is C11H11NO3P+. The van der Waals surface area contributed by atoms with Crippen molar-refractivity contribution in [3.8, 4) is 11.3 Å². The van der Waals surface area contributed by atoms with Gasteiger partial charge in [0.1, 0.15) is 11.5 Å². The summed E-state index contributed by atoms with van der Waals surface area (Å²) in [6.07, 6.45) is 0.643. The molecule has 1 unspecified atom stereocenters. The lowest BCUT2D eigenvalue weighted by atomic mass is 10.1. The van der Waals surface area contributed by atoms with Gasteiger partial charge in [0.15, 0.2) is 6.16 Å². The third kappa shape index (κ3) is 2.75. The summed E-state index contributed by atoms with van der Waals surface area (Å²) >= 11 is 0. The average molecular weight is 236 g/mol. The van der Waals surface area contributed by atoms with Gasteiger partial charge in [-0.15, -0.1) is 0 Å². The standard InChI is InChI=1S/C11H10NO3P/c13-16(14)7-6-10-8-11(12-15-10)9-4-2-1-3-5-9/h1-5,8H,6-7H2/p+1. The molecule has 4 nitrogen and oxygen atoms in total. The molecule has 5 heteroatoms. The number of rotatable bonds is 4. The molecule has 2 aromatic rings. The Bertz CT molecular complexity index is 481. The predicted molar refractivity (Wildman–Crippen MR) is 60.3 cm³/mol. The van der Waals surface area contributed by atoms with Crippen molar-refractivity contribution in [1.82, 2.24) is 5.16 Å². The van der Waals surface area contributed by atoms with E-state index in [1.165, 1.54) is 0 Å². The van der Waals surface area contributed by atoms with E-state index in [0.29, 0.717) is 12.2 Å². The molecule has 0 aliphatic carbocycles. The van der Waals surface area contributed by atoms with Gasteiger partial charge < -0.3 is 4.52 Å². The van der Waals surface area contributed by atoms with Crippen LogP contribution in [-0.2, 0) is 11.0 Å². The first-order valence-corrected chi connectivity index (χ1v) is 6.30. The molecule has 1 N–H and O–H groups in total. The van der Waals surface area contributed by atoms with Gasteiger partial charge in [0.2, 0.25) is 0 Å². The Morgan fingerprint density at radius 2 is 2.06 bits per heavy atom. The number of benzene rings is 1. The van der Waals surface area contributed by atoms with Crippen LogP contribution in [0.25, 0.3) is 11.3 Å². The van der Waals surface area contributed by atoms with Gasteiger partial charge >= 0.3 is 8.03 Å². The van der Waals surface area contributed by atoms with Crippen LogP contribution in [0.2, 0.25) is 0 Å². The van der Waals surface area contributed by atoms with Gasteiger partial charge in [-0.1, -0.05) is 35.5 Å². The normalized spacial score (nSPS) is 11.4. The average Bonchev–Trinajstić information content (AvgIpc) is 2.76. The SMILES string of the molecule is O=[P+](O)CCc1cc(-c2ccccc2)no1. The van der Waals surface area contributed by atoms with Crippen molar-refractivity contribution in [2.75, 3.05) is 6.16 Å². The van der Waals surface area contributed by atoms with Crippen molar-refractivity contribution in [2.24, 2.45) is 0 Å². The van der Waals surface area contributed by atoms with Crippen LogP contribution in [-0.4, -0.2) is 16.2 Å². The smallest absolute Gasteiger partial charge is 0.361 e. The van der Waals surface area contributed by atoms with Gasteiger partial charge in [-0.25, -0.2) is 0 Å². The number of aryl methyl sites for hydroxylation is 1. The zero-order chi connectivity index (χ0) is 11.4. The predicted octanol–water partition coefficient (Wildman–Crippen LogP) is 2.62. The lowest BCUT2D eigenvalue weighted by Gasteiger charge is -1.91. The van der Waals surface area contributed by atoms with E-state index in [1.807, 2.05) is 30.3 Å². The zero-order valence-electron chi connectivity index (χ0n) is 8.54.